The Balaban J connectivity index is 2.17. The lowest BCUT2D eigenvalue weighted by atomic mass is 9.77. The first kappa shape index (κ1) is 14.3. The van der Waals surface area contributed by atoms with Crippen LogP contribution in [-0.2, 0) is 4.79 Å². The summed E-state index contributed by atoms with van der Waals surface area (Å²) >= 11 is 0. The van der Waals surface area contributed by atoms with Gasteiger partial charge in [-0.3, -0.25) is 4.79 Å². The predicted octanol–water partition coefficient (Wildman–Crippen LogP) is 4.36. The van der Waals surface area contributed by atoms with Gasteiger partial charge in [-0.25, -0.2) is 0 Å². The van der Waals surface area contributed by atoms with Crippen molar-refractivity contribution in [1.29, 1.82) is 0 Å². The second-order valence-electron chi connectivity index (χ2n) is 5.38. The van der Waals surface area contributed by atoms with E-state index in [0.717, 1.165) is 31.6 Å². The van der Waals surface area contributed by atoms with Crippen LogP contribution in [0.25, 0.3) is 0 Å². The molecule has 0 atom stereocenters. The number of hydrogen-bond acceptors (Lipinski definition) is 1. The average Bonchev–Trinajstić information content (AvgIpc) is 2.37. The van der Waals surface area contributed by atoms with E-state index in [4.69, 9.17) is 6.42 Å². The molecule has 96 valence electrons. The van der Waals surface area contributed by atoms with Gasteiger partial charge in [0.05, 0.1) is 0 Å². The molecular weight excluding hydrogens is 208 g/mol. The van der Waals surface area contributed by atoms with Crippen LogP contribution in [0, 0.1) is 24.2 Å². The lowest BCUT2D eigenvalue weighted by Crippen LogP contribution is -2.21. The molecule has 17 heavy (non-hydrogen) atoms. The van der Waals surface area contributed by atoms with Gasteiger partial charge in [-0.15, -0.1) is 12.3 Å². The number of carbonyl (C=O) groups is 1. The molecule has 1 aliphatic rings. The summed E-state index contributed by atoms with van der Waals surface area (Å²) < 4.78 is 0. The molecule has 1 rings (SSSR count). The molecule has 0 radical (unpaired) electrons. The number of ketones is 1. The Morgan fingerprint density at radius 2 is 1.94 bits per heavy atom. The van der Waals surface area contributed by atoms with Crippen LogP contribution in [0.3, 0.4) is 0 Å². The fourth-order valence-electron chi connectivity index (χ4n) is 2.83. The number of carbonyl (C=O) groups excluding carboxylic acids is 1. The normalized spacial score (nSPS) is 24.2. The van der Waals surface area contributed by atoms with E-state index >= 15 is 0 Å². The van der Waals surface area contributed by atoms with Crippen molar-refractivity contribution in [3.8, 4) is 12.3 Å². The molecule has 0 saturated heterocycles. The Hall–Kier alpha value is -0.770. The Labute approximate surface area is 106 Å². The third-order valence-corrected chi connectivity index (χ3v) is 4.01. The van der Waals surface area contributed by atoms with E-state index in [9.17, 15) is 4.79 Å². The van der Waals surface area contributed by atoms with Crippen molar-refractivity contribution < 1.29 is 4.79 Å². The third kappa shape index (κ3) is 5.39. The van der Waals surface area contributed by atoms with Crippen LogP contribution in [-0.4, -0.2) is 5.78 Å². The van der Waals surface area contributed by atoms with Crippen LogP contribution in [0.1, 0.15) is 71.1 Å². The van der Waals surface area contributed by atoms with Crippen LogP contribution in [0.5, 0.6) is 0 Å². The molecule has 1 nitrogen and oxygen atoms in total. The van der Waals surface area contributed by atoms with Crippen molar-refractivity contribution >= 4 is 5.78 Å². The first-order valence-corrected chi connectivity index (χ1v) is 7.24. The minimum absolute atomic E-state index is 0.352. The van der Waals surface area contributed by atoms with E-state index in [0.29, 0.717) is 18.1 Å². The third-order valence-electron chi connectivity index (χ3n) is 4.01. The largest absolute Gasteiger partial charge is 0.299 e. The second kappa shape index (κ2) is 8.34. The molecule has 0 spiro atoms. The number of unbranched alkanes of at least 4 members (excludes halogenated alkanes) is 2. The first-order chi connectivity index (χ1) is 8.27. The minimum Gasteiger partial charge on any atom is -0.299 e. The van der Waals surface area contributed by atoms with Crippen molar-refractivity contribution in [2.45, 2.75) is 71.1 Å². The summed E-state index contributed by atoms with van der Waals surface area (Å²) in [5.41, 5.74) is 0. The molecular formula is C16H26O. The van der Waals surface area contributed by atoms with Crippen molar-refractivity contribution in [3.63, 3.8) is 0 Å². The maximum Gasteiger partial charge on any atom is 0.136 e. The molecule has 0 bridgehead atoms. The van der Waals surface area contributed by atoms with Gasteiger partial charge in [-0.05, 0) is 38.0 Å². The van der Waals surface area contributed by atoms with Gasteiger partial charge in [0.2, 0.25) is 0 Å². The first-order valence-electron chi connectivity index (χ1n) is 7.24. The zero-order valence-electron chi connectivity index (χ0n) is 11.2. The van der Waals surface area contributed by atoms with E-state index in [1.807, 2.05) is 0 Å². The highest BCUT2D eigenvalue weighted by atomic mass is 16.1. The Morgan fingerprint density at radius 1 is 1.24 bits per heavy atom. The summed E-state index contributed by atoms with van der Waals surface area (Å²) in [5, 5.41) is 0. The van der Waals surface area contributed by atoms with E-state index in [1.165, 1.54) is 32.1 Å². The van der Waals surface area contributed by atoms with E-state index in [-0.39, 0.29) is 0 Å². The van der Waals surface area contributed by atoms with Gasteiger partial charge in [-0.1, -0.05) is 26.2 Å². The molecule has 1 aliphatic carbocycles. The van der Waals surface area contributed by atoms with E-state index in [2.05, 4.69) is 12.8 Å². The van der Waals surface area contributed by atoms with Crippen molar-refractivity contribution in [3.05, 3.63) is 0 Å². The molecule has 0 heterocycles. The number of terminal acetylenes is 1. The van der Waals surface area contributed by atoms with Gasteiger partial charge in [0.1, 0.15) is 5.78 Å². The summed E-state index contributed by atoms with van der Waals surface area (Å²) in [7, 11) is 0. The van der Waals surface area contributed by atoms with Crippen molar-refractivity contribution in [1.82, 2.24) is 0 Å². The standard InChI is InChI=1S/C16H26O/c1-3-5-7-9-16(17)15-12-10-14(11-13-15)8-6-4-2/h1,14-15H,4-13H2,2H3. The molecule has 0 aromatic rings. The summed E-state index contributed by atoms with van der Waals surface area (Å²) in [6.45, 7) is 2.25. The average molecular weight is 234 g/mol. The lowest BCUT2D eigenvalue weighted by Gasteiger charge is -2.27. The van der Waals surface area contributed by atoms with Crippen molar-refractivity contribution in [2.24, 2.45) is 11.8 Å². The van der Waals surface area contributed by atoms with E-state index < -0.39 is 0 Å². The van der Waals surface area contributed by atoms with Gasteiger partial charge in [0.15, 0.2) is 0 Å². The number of rotatable bonds is 7. The summed E-state index contributed by atoms with van der Waals surface area (Å²) in [6.07, 6.45) is 16.3. The molecule has 0 amide bonds. The summed E-state index contributed by atoms with van der Waals surface area (Å²) in [5.74, 6) is 4.32. The van der Waals surface area contributed by atoms with E-state index in [1.54, 1.807) is 0 Å². The van der Waals surface area contributed by atoms with Crippen LogP contribution in [0.15, 0.2) is 0 Å². The highest BCUT2D eigenvalue weighted by molar-refractivity contribution is 5.81. The Bertz CT molecular complexity index is 253. The van der Waals surface area contributed by atoms with Crippen LogP contribution in [0.2, 0.25) is 0 Å². The molecule has 0 N–H and O–H groups in total. The van der Waals surface area contributed by atoms with Gasteiger partial charge in [0.25, 0.3) is 0 Å². The molecule has 1 saturated carbocycles. The molecule has 0 aromatic carbocycles. The fourth-order valence-corrected chi connectivity index (χ4v) is 2.83. The Morgan fingerprint density at radius 3 is 2.53 bits per heavy atom. The maximum atomic E-state index is 11.9. The molecule has 0 aromatic heterocycles. The molecule has 1 fully saturated rings. The number of hydrogen-bond donors (Lipinski definition) is 0. The SMILES string of the molecule is C#CCCCC(=O)C1CCC(CCCC)CC1. The van der Waals surface area contributed by atoms with Crippen LogP contribution < -0.4 is 0 Å². The zero-order valence-corrected chi connectivity index (χ0v) is 11.2. The lowest BCUT2D eigenvalue weighted by molar-refractivity contribution is -0.124. The second-order valence-corrected chi connectivity index (χ2v) is 5.38. The van der Waals surface area contributed by atoms with Gasteiger partial charge in [0, 0.05) is 18.8 Å². The maximum absolute atomic E-state index is 11.9. The minimum atomic E-state index is 0.352. The molecule has 0 aliphatic heterocycles. The smallest absolute Gasteiger partial charge is 0.136 e. The number of Topliss-reactive ketones (excluding diaryl/α,β-unsaturated/α-hetero) is 1. The summed E-state index contributed by atoms with van der Waals surface area (Å²) in [4.78, 5) is 11.9. The predicted molar refractivity (Wildman–Crippen MR) is 72.7 cm³/mol. The fraction of sp³-hybridized carbons (Fsp3) is 0.812. The van der Waals surface area contributed by atoms with Gasteiger partial charge >= 0.3 is 0 Å². The molecule has 1 heteroatoms. The van der Waals surface area contributed by atoms with Gasteiger partial charge < -0.3 is 0 Å². The van der Waals surface area contributed by atoms with Crippen LogP contribution in [0.4, 0.5) is 0 Å². The zero-order chi connectivity index (χ0) is 12.5. The topological polar surface area (TPSA) is 17.1 Å². The summed E-state index contributed by atoms with van der Waals surface area (Å²) in [6, 6.07) is 0. The van der Waals surface area contributed by atoms with Gasteiger partial charge in [-0.2, -0.15) is 0 Å². The Kier molecular flexibility index (Phi) is 7.01. The monoisotopic (exact) mass is 234 g/mol. The van der Waals surface area contributed by atoms with Crippen LogP contribution >= 0.6 is 0 Å². The highest BCUT2D eigenvalue weighted by Crippen LogP contribution is 2.33. The van der Waals surface area contributed by atoms with Crippen molar-refractivity contribution in [2.75, 3.05) is 0 Å². The molecule has 0 unspecified atom stereocenters. The highest BCUT2D eigenvalue weighted by Gasteiger charge is 2.25. The quantitative estimate of drug-likeness (QED) is 0.472.